The minimum atomic E-state index is -4.22. The topological polar surface area (TPSA) is 84.0 Å². The largest absolute Gasteiger partial charge is 0.416 e. The Bertz CT molecular complexity index is 1020. The van der Waals surface area contributed by atoms with Gasteiger partial charge in [0.15, 0.2) is 0 Å². The van der Waals surface area contributed by atoms with E-state index in [-0.39, 0.29) is 17.6 Å². The highest BCUT2D eigenvalue weighted by Gasteiger charge is 2.30. The van der Waals surface area contributed by atoms with Crippen LogP contribution in [0.1, 0.15) is 40.5 Å². The van der Waals surface area contributed by atoms with Crippen LogP contribution in [0, 0.1) is 0 Å². The monoisotopic (exact) mass is 472 g/mol. The third-order valence-corrected chi connectivity index (χ3v) is 4.90. The van der Waals surface area contributed by atoms with E-state index in [0.29, 0.717) is 24.9 Å². The molecule has 0 saturated heterocycles. The van der Waals surface area contributed by atoms with Crippen molar-refractivity contribution >= 4 is 12.3 Å². The van der Waals surface area contributed by atoms with Crippen LogP contribution in [-0.4, -0.2) is 34.9 Å². The molecule has 6 nitrogen and oxygen atoms in total. The molecule has 0 radical (unpaired) electrons. The second-order valence-electron chi connectivity index (χ2n) is 7.36. The van der Waals surface area contributed by atoms with Crippen molar-refractivity contribution in [3.8, 4) is 0 Å². The fraction of sp³-hybridized carbons (Fsp3) is 0.280. The van der Waals surface area contributed by atoms with E-state index in [2.05, 4.69) is 20.6 Å². The van der Waals surface area contributed by atoms with Gasteiger partial charge in [-0.2, -0.15) is 13.2 Å². The first-order chi connectivity index (χ1) is 16.3. The Labute approximate surface area is 196 Å². The number of hydrogen-bond acceptors (Lipinski definition) is 4. The molecule has 0 aliphatic rings. The number of nitrogens with one attached hydrogen (secondary N) is 2. The maximum Gasteiger partial charge on any atom is 0.416 e. The Balaban J connectivity index is 0.000000287. The Morgan fingerprint density at radius 3 is 2.41 bits per heavy atom. The number of rotatable bonds is 9. The van der Waals surface area contributed by atoms with Gasteiger partial charge in [0.2, 0.25) is 6.41 Å². The van der Waals surface area contributed by atoms with Crippen molar-refractivity contribution in [2.75, 3.05) is 6.54 Å². The lowest BCUT2D eigenvalue weighted by atomic mass is 10.1. The summed E-state index contributed by atoms with van der Waals surface area (Å²) < 4.78 is 36.3. The summed E-state index contributed by atoms with van der Waals surface area (Å²) in [6.07, 6.45) is 3.01. The summed E-state index contributed by atoms with van der Waals surface area (Å²) in [5, 5.41) is 5.49. The minimum Gasteiger partial charge on any atom is -0.354 e. The normalized spacial score (nSPS) is 11.5. The molecule has 0 aliphatic carbocycles. The van der Waals surface area contributed by atoms with Crippen molar-refractivity contribution < 1.29 is 22.8 Å². The average molecular weight is 473 g/mol. The lowest BCUT2D eigenvalue weighted by molar-refractivity contribution is -0.137. The lowest BCUT2D eigenvalue weighted by Crippen LogP contribution is -2.40. The average Bonchev–Trinajstić information content (AvgIpc) is 2.86. The lowest BCUT2D eigenvalue weighted by Gasteiger charge is -2.16. The first-order valence-corrected chi connectivity index (χ1v) is 10.8. The molecule has 2 N–H and O–H groups in total. The van der Waals surface area contributed by atoms with Crippen molar-refractivity contribution in [2.45, 2.75) is 38.4 Å². The van der Waals surface area contributed by atoms with E-state index in [9.17, 15) is 22.8 Å². The number of carbonyl (C=O) groups is 2. The highest BCUT2D eigenvalue weighted by Crippen LogP contribution is 2.29. The summed E-state index contributed by atoms with van der Waals surface area (Å²) >= 11 is 0. The van der Waals surface area contributed by atoms with Gasteiger partial charge in [-0.25, -0.2) is 4.98 Å². The van der Waals surface area contributed by atoms with Gasteiger partial charge in [0.25, 0.3) is 5.91 Å². The van der Waals surface area contributed by atoms with Gasteiger partial charge in [-0.05, 0) is 36.5 Å². The third kappa shape index (κ3) is 9.40. The summed E-state index contributed by atoms with van der Waals surface area (Å²) in [4.78, 5) is 30.4. The first kappa shape index (κ1) is 26.5. The SMILES string of the molecule is CCc1cccc(C(F)(F)F)c1.O=CN[C@@H](CCc1ccccc1)CNC(=O)c1cnccn1. The molecule has 180 valence electrons. The molecule has 1 heterocycles. The number of amides is 2. The van der Waals surface area contributed by atoms with Crippen molar-refractivity contribution in [1.29, 1.82) is 0 Å². The first-order valence-electron chi connectivity index (χ1n) is 10.8. The van der Waals surface area contributed by atoms with Crippen LogP contribution in [-0.2, 0) is 23.8 Å². The molecular formula is C25H27F3N4O2. The Kier molecular flexibility index (Phi) is 10.7. The number of benzene rings is 2. The summed E-state index contributed by atoms with van der Waals surface area (Å²) in [5.74, 6) is -0.300. The molecule has 0 fully saturated rings. The van der Waals surface area contributed by atoms with Gasteiger partial charge in [-0.15, -0.1) is 0 Å². The quantitative estimate of drug-likeness (QED) is 0.457. The van der Waals surface area contributed by atoms with E-state index in [0.717, 1.165) is 18.9 Å². The van der Waals surface area contributed by atoms with Crippen LogP contribution >= 0.6 is 0 Å². The van der Waals surface area contributed by atoms with Gasteiger partial charge in [0.1, 0.15) is 5.69 Å². The number of alkyl halides is 3. The maximum absolute atomic E-state index is 12.1. The van der Waals surface area contributed by atoms with Gasteiger partial charge in [0.05, 0.1) is 11.8 Å². The Morgan fingerprint density at radius 2 is 1.79 bits per heavy atom. The second-order valence-corrected chi connectivity index (χ2v) is 7.36. The number of aromatic nitrogens is 2. The molecule has 2 amide bonds. The molecule has 34 heavy (non-hydrogen) atoms. The molecule has 1 aromatic heterocycles. The molecule has 9 heteroatoms. The van der Waals surface area contributed by atoms with Gasteiger partial charge in [-0.3, -0.25) is 14.6 Å². The molecule has 0 saturated carbocycles. The van der Waals surface area contributed by atoms with Gasteiger partial charge in [-0.1, -0.05) is 55.5 Å². The van der Waals surface area contributed by atoms with E-state index in [4.69, 9.17) is 0 Å². The number of halogens is 3. The van der Waals surface area contributed by atoms with E-state index in [1.807, 2.05) is 37.3 Å². The zero-order valence-corrected chi connectivity index (χ0v) is 18.8. The predicted octanol–water partition coefficient (Wildman–Crippen LogP) is 4.22. The van der Waals surface area contributed by atoms with Gasteiger partial charge in [0, 0.05) is 25.0 Å². The van der Waals surface area contributed by atoms with Crippen LogP contribution < -0.4 is 10.6 Å². The van der Waals surface area contributed by atoms with Crippen LogP contribution in [0.4, 0.5) is 13.2 Å². The summed E-state index contributed by atoms with van der Waals surface area (Å²) in [5.41, 5.74) is 1.60. The zero-order valence-electron chi connectivity index (χ0n) is 18.8. The fourth-order valence-corrected chi connectivity index (χ4v) is 3.02. The van der Waals surface area contributed by atoms with Gasteiger partial charge >= 0.3 is 6.18 Å². The zero-order chi connectivity index (χ0) is 24.8. The number of carbonyl (C=O) groups excluding carboxylic acids is 2. The van der Waals surface area contributed by atoms with Crippen molar-refractivity contribution in [1.82, 2.24) is 20.6 Å². The summed E-state index contributed by atoms with van der Waals surface area (Å²) in [7, 11) is 0. The van der Waals surface area contributed by atoms with E-state index >= 15 is 0 Å². The summed E-state index contributed by atoms with van der Waals surface area (Å²) in [6, 6.07) is 15.3. The predicted molar refractivity (Wildman–Crippen MR) is 123 cm³/mol. The molecule has 1 atom stereocenters. The van der Waals surface area contributed by atoms with Gasteiger partial charge < -0.3 is 10.6 Å². The maximum atomic E-state index is 12.1. The van der Waals surface area contributed by atoms with Crippen LogP contribution in [0.15, 0.2) is 73.2 Å². The van der Waals surface area contributed by atoms with Crippen LogP contribution in [0.3, 0.4) is 0 Å². The molecule has 0 unspecified atom stereocenters. The molecule has 3 rings (SSSR count). The van der Waals surface area contributed by atoms with E-state index in [1.165, 1.54) is 36.3 Å². The molecular weight excluding hydrogens is 445 g/mol. The van der Waals surface area contributed by atoms with Crippen molar-refractivity contribution in [3.05, 3.63) is 95.6 Å². The fourth-order valence-electron chi connectivity index (χ4n) is 3.02. The molecule has 2 aromatic carbocycles. The summed E-state index contributed by atoms with van der Waals surface area (Å²) in [6.45, 7) is 2.18. The Morgan fingerprint density at radius 1 is 1.06 bits per heavy atom. The third-order valence-electron chi connectivity index (χ3n) is 4.90. The highest BCUT2D eigenvalue weighted by atomic mass is 19.4. The molecule has 3 aromatic rings. The van der Waals surface area contributed by atoms with E-state index in [1.54, 1.807) is 6.07 Å². The molecule has 0 aliphatic heterocycles. The standard InChI is InChI=1S/C16H18N4O2.C9H9F3/c21-12-20-14(7-6-13-4-2-1-3-5-13)10-19-16(22)15-11-17-8-9-18-15;1-2-7-4-3-5-8(6-7)9(10,11)12/h1-5,8-9,11-12,14H,6-7,10H2,(H,19,22)(H,20,21);3-6H,2H2,1H3/t14-;/m0./s1. The number of hydrogen-bond donors (Lipinski definition) is 2. The van der Waals surface area contributed by atoms with Crippen LogP contribution in [0.2, 0.25) is 0 Å². The minimum absolute atomic E-state index is 0.127. The second kappa shape index (κ2) is 13.7. The Hall–Kier alpha value is -3.75. The smallest absolute Gasteiger partial charge is 0.354 e. The van der Waals surface area contributed by atoms with Crippen LogP contribution in [0.5, 0.6) is 0 Å². The molecule has 0 bridgehead atoms. The van der Waals surface area contributed by atoms with Crippen molar-refractivity contribution in [3.63, 3.8) is 0 Å². The highest BCUT2D eigenvalue weighted by molar-refractivity contribution is 5.91. The van der Waals surface area contributed by atoms with E-state index < -0.39 is 11.7 Å². The van der Waals surface area contributed by atoms with Crippen LogP contribution in [0.25, 0.3) is 0 Å². The number of aryl methyl sites for hydroxylation is 2. The van der Waals surface area contributed by atoms with Crippen molar-refractivity contribution in [2.24, 2.45) is 0 Å². The number of nitrogens with zero attached hydrogens (tertiary/aromatic N) is 2. The molecule has 0 spiro atoms.